The van der Waals surface area contributed by atoms with E-state index in [0.717, 1.165) is 54.6 Å². The number of amides is 1. The van der Waals surface area contributed by atoms with Crippen LogP contribution in [0.25, 0.3) is 17.0 Å². The highest BCUT2D eigenvalue weighted by Crippen LogP contribution is 2.25. The van der Waals surface area contributed by atoms with Gasteiger partial charge in [-0.3, -0.25) is 4.79 Å². The second-order valence-electron chi connectivity index (χ2n) is 7.83. The predicted molar refractivity (Wildman–Crippen MR) is 123 cm³/mol. The number of hydrogen-bond acceptors (Lipinski definition) is 6. The molecule has 5 rings (SSSR count). The Balaban J connectivity index is 1.27. The number of benzene rings is 2. The molecule has 1 aliphatic heterocycles. The van der Waals surface area contributed by atoms with E-state index in [-0.39, 0.29) is 11.8 Å². The Kier molecular flexibility index (Phi) is 5.41. The Bertz CT molecular complexity index is 1230. The molecule has 1 aliphatic rings. The number of anilines is 2. The van der Waals surface area contributed by atoms with Crippen molar-refractivity contribution >= 4 is 23.1 Å². The molecule has 8 nitrogen and oxygen atoms in total. The maximum atomic E-state index is 12.7. The minimum absolute atomic E-state index is 0.0315. The van der Waals surface area contributed by atoms with Gasteiger partial charge in [-0.05, 0) is 37.1 Å². The van der Waals surface area contributed by atoms with Crippen LogP contribution in [0.5, 0.6) is 5.75 Å². The maximum Gasteiger partial charge on any atom is 0.227 e. The summed E-state index contributed by atoms with van der Waals surface area (Å²) in [6.45, 7) is 1.52. The zero-order valence-electron chi connectivity index (χ0n) is 17.8. The van der Waals surface area contributed by atoms with Crippen molar-refractivity contribution in [3.8, 4) is 17.1 Å². The van der Waals surface area contributed by atoms with Crippen molar-refractivity contribution in [3.05, 3.63) is 66.7 Å². The zero-order valence-corrected chi connectivity index (χ0v) is 17.8. The number of carbonyl (C=O) groups excluding carboxylic acids is 1. The van der Waals surface area contributed by atoms with E-state index in [1.165, 1.54) is 0 Å². The first-order valence-electron chi connectivity index (χ1n) is 10.7. The van der Waals surface area contributed by atoms with Crippen LogP contribution in [0.3, 0.4) is 0 Å². The van der Waals surface area contributed by atoms with Crippen LogP contribution in [-0.4, -0.2) is 45.9 Å². The molecule has 0 unspecified atom stereocenters. The molecular weight excluding hydrogens is 404 g/mol. The van der Waals surface area contributed by atoms with E-state index in [1.54, 1.807) is 11.6 Å². The summed E-state index contributed by atoms with van der Waals surface area (Å²) in [6.07, 6.45) is 1.53. The largest absolute Gasteiger partial charge is 0.497 e. The normalized spacial score (nSPS) is 14.5. The molecule has 0 spiro atoms. The van der Waals surface area contributed by atoms with Crippen molar-refractivity contribution in [1.29, 1.82) is 0 Å². The van der Waals surface area contributed by atoms with Crippen LogP contribution in [0.1, 0.15) is 12.8 Å². The van der Waals surface area contributed by atoms with Crippen LogP contribution in [0.15, 0.2) is 66.7 Å². The van der Waals surface area contributed by atoms with Gasteiger partial charge in [0.15, 0.2) is 11.5 Å². The lowest BCUT2D eigenvalue weighted by Crippen LogP contribution is -2.38. The first-order valence-corrected chi connectivity index (χ1v) is 10.7. The lowest BCUT2D eigenvalue weighted by atomic mass is 9.96. The smallest absolute Gasteiger partial charge is 0.227 e. The molecule has 1 saturated heterocycles. The van der Waals surface area contributed by atoms with E-state index >= 15 is 0 Å². The molecule has 8 heteroatoms. The number of rotatable bonds is 5. The van der Waals surface area contributed by atoms with Crippen molar-refractivity contribution in [2.45, 2.75) is 12.8 Å². The Hall–Kier alpha value is -3.94. The number of hydrogen-bond donors (Lipinski definition) is 1. The van der Waals surface area contributed by atoms with Gasteiger partial charge in [0.25, 0.3) is 0 Å². The minimum Gasteiger partial charge on any atom is -0.497 e. The van der Waals surface area contributed by atoms with E-state index in [9.17, 15) is 4.79 Å². The predicted octanol–water partition coefficient (Wildman–Crippen LogP) is 3.66. The van der Waals surface area contributed by atoms with Crippen LogP contribution in [-0.2, 0) is 4.79 Å². The first-order chi connectivity index (χ1) is 15.7. The van der Waals surface area contributed by atoms with Gasteiger partial charge in [0.2, 0.25) is 5.91 Å². The van der Waals surface area contributed by atoms with Gasteiger partial charge < -0.3 is 15.0 Å². The minimum atomic E-state index is -0.0315. The fourth-order valence-corrected chi connectivity index (χ4v) is 4.03. The summed E-state index contributed by atoms with van der Waals surface area (Å²) < 4.78 is 7.01. The fraction of sp³-hybridized carbons (Fsp3) is 0.250. The van der Waals surface area contributed by atoms with Gasteiger partial charge in [0.1, 0.15) is 11.6 Å². The number of ether oxygens (including phenoxy) is 1. The van der Waals surface area contributed by atoms with Gasteiger partial charge in [0, 0.05) is 36.3 Å². The van der Waals surface area contributed by atoms with Crippen LogP contribution in [0.2, 0.25) is 0 Å². The highest BCUT2D eigenvalue weighted by molar-refractivity contribution is 5.92. The van der Waals surface area contributed by atoms with Crippen LogP contribution in [0, 0.1) is 5.92 Å². The molecule has 4 aromatic rings. The summed E-state index contributed by atoms with van der Waals surface area (Å²) in [5.74, 6) is 2.32. The third-order valence-corrected chi connectivity index (χ3v) is 5.81. The molecule has 2 aromatic carbocycles. The van der Waals surface area contributed by atoms with Gasteiger partial charge in [-0.25, -0.2) is 0 Å². The molecule has 1 fully saturated rings. The average Bonchev–Trinajstić information content (AvgIpc) is 3.28. The van der Waals surface area contributed by atoms with Gasteiger partial charge in [-0.2, -0.15) is 4.52 Å². The molecule has 3 heterocycles. The van der Waals surface area contributed by atoms with Crippen molar-refractivity contribution < 1.29 is 9.53 Å². The van der Waals surface area contributed by atoms with E-state index in [2.05, 4.69) is 20.4 Å². The number of piperidine rings is 1. The maximum absolute atomic E-state index is 12.7. The van der Waals surface area contributed by atoms with Crippen LogP contribution < -0.4 is 15.0 Å². The summed E-state index contributed by atoms with van der Waals surface area (Å²) >= 11 is 0. The third-order valence-electron chi connectivity index (χ3n) is 5.81. The van der Waals surface area contributed by atoms with E-state index in [4.69, 9.17) is 9.84 Å². The van der Waals surface area contributed by atoms with Crippen LogP contribution >= 0.6 is 0 Å². The van der Waals surface area contributed by atoms with E-state index < -0.39 is 0 Å². The Morgan fingerprint density at radius 1 is 1.00 bits per heavy atom. The number of methoxy groups -OCH3 is 1. The lowest BCUT2D eigenvalue weighted by molar-refractivity contribution is -0.120. The Labute approximate surface area is 185 Å². The van der Waals surface area contributed by atoms with Gasteiger partial charge in [-0.1, -0.05) is 36.4 Å². The Morgan fingerprint density at radius 3 is 2.59 bits per heavy atom. The summed E-state index contributed by atoms with van der Waals surface area (Å²) in [5, 5.41) is 16.4. The SMILES string of the molecule is COc1cccc(NC(=O)C2CCN(c3ccc4nnc(-c5ccccc5)n4n3)CC2)c1. The van der Waals surface area contributed by atoms with Crippen molar-refractivity contribution in [1.82, 2.24) is 19.8 Å². The summed E-state index contributed by atoms with van der Waals surface area (Å²) in [5.41, 5.74) is 2.43. The molecule has 2 aromatic heterocycles. The highest BCUT2D eigenvalue weighted by atomic mass is 16.5. The second kappa shape index (κ2) is 8.66. The Morgan fingerprint density at radius 2 is 1.81 bits per heavy atom. The zero-order chi connectivity index (χ0) is 21.9. The number of nitrogens with one attached hydrogen (secondary N) is 1. The molecule has 0 saturated carbocycles. The van der Waals surface area contributed by atoms with Crippen molar-refractivity contribution in [2.24, 2.45) is 5.92 Å². The molecule has 0 aliphatic carbocycles. The summed E-state index contributed by atoms with van der Waals surface area (Å²) in [6, 6.07) is 21.2. The molecule has 1 amide bonds. The first kappa shape index (κ1) is 20.0. The molecule has 0 bridgehead atoms. The summed E-state index contributed by atoms with van der Waals surface area (Å²) in [4.78, 5) is 15.0. The average molecular weight is 428 g/mol. The second-order valence-corrected chi connectivity index (χ2v) is 7.83. The molecule has 1 N–H and O–H groups in total. The number of fused-ring (bicyclic) bond motifs is 1. The van der Waals surface area contributed by atoms with Crippen molar-refractivity contribution in [2.75, 3.05) is 30.4 Å². The summed E-state index contributed by atoms with van der Waals surface area (Å²) in [7, 11) is 1.62. The van der Waals surface area contributed by atoms with Gasteiger partial charge in [-0.15, -0.1) is 15.3 Å². The standard InChI is InChI=1S/C24H24N6O2/c1-32-20-9-5-8-19(16-20)25-24(31)18-12-14-29(15-13-18)22-11-10-21-26-27-23(30(21)28-22)17-6-3-2-4-7-17/h2-11,16,18H,12-15H2,1H3,(H,25,31). The molecule has 0 radical (unpaired) electrons. The molecule has 0 atom stereocenters. The third kappa shape index (κ3) is 3.99. The van der Waals surface area contributed by atoms with Crippen molar-refractivity contribution in [3.63, 3.8) is 0 Å². The topological polar surface area (TPSA) is 84.6 Å². The van der Waals surface area contributed by atoms with E-state index in [1.807, 2.05) is 66.7 Å². The number of carbonyl (C=O) groups is 1. The monoisotopic (exact) mass is 428 g/mol. The number of nitrogens with zero attached hydrogens (tertiary/aromatic N) is 5. The number of aromatic nitrogens is 4. The van der Waals surface area contributed by atoms with E-state index in [0.29, 0.717) is 5.65 Å². The molecule has 32 heavy (non-hydrogen) atoms. The molecular formula is C24H24N6O2. The quantitative estimate of drug-likeness (QED) is 0.522. The van der Waals surface area contributed by atoms with Crippen LogP contribution in [0.4, 0.5) is 11.5 Å². The fourth-order valence-electron chi connectivity index (χ4n) is 4.03. The molecule has 162 valence electrons. The highest BCUT2D eigenvalue weighted by Gasteiger charge is 2.26. The van der Waals surface area contributed by atoms with Gasteiger partial charge >= 0.3 is 0 Å². The lowest BCUT2D eigenvalue weighted by Gasteiger charge is -2.32. The van der Waals surface area contributed by atoms with Gasteiger partial charge in [0.05, 0.1) is 7.11 Å².